The van der Waals surface area contributed by atoms with Crippen LogP contribution in [0.2, 0.25) is 0 Å². The summed E-state index contributed by atoms with van der Waals surface area (Å²) < 4.78 is 13.5. The van der Waals surface area contributed by atoms with Crippen LogP contribution in [-0.2, 0) is 0 Å². The second-order valence-corrected chi connectivity index (χ2v) is 5.95. The van der Waals surface area contributed by atoms with E-state index in [0.29, 0.717) is 5.13 Å². The minimum Gasteiger partial charge on any atom is -0.347 e. The van der Waals surface area contributed by atoms with Crippen LogP contribution >= 0.6 is 11.3 Å². The number of piperidine rings is 1. The third-order valence-electron chi connectivity index (χ3n) is 3.38. The molecule has 6 nitrogen and oxygen atoms in total. The summed E-state index contributed by atoms with van der Waals surface area (Å²) in [6.07, 6.45) is 3.54. The average Bonchev–Trinajstić information content (AvgIpc) is 2.99. The summed E-state index contributed by atoms with van der Waals surface area (Å²) in [5.74, 6) is -0.482. The molecule has 0 unspecified atom stereocenters. The van der Waals surface area contributed by atoms with Crippen LogP contribution in [0.3, 0.4) is 0 Å². The van der Waals surface area contributed by atoms with Crippen LogP contribution in [0.25, 0.3) is 0 Å². The Bertz CT molecular complexity index is 656. The van der Waals surface area contributed by atoms with Crippen LogP contribution in [0.15, 0.2) is 24.3 Å². The van der Waals surface area contributed by atoms with Crippen LogP contribution in [0, 0.1) is 5.82 Å². The molecule has 2 heterocycles. The molecule has 1 fully saturated rings. The summed E-state index contributed by atoms with van der Waals surface area (Å²) in [6.45, 7) is 1.94. The Labute approximate surface area is 131 Å². The van der Waals surface area contributed by atoms with Gasteiger partial charge < -0.3 is 10.2 Å². The van der Waals surface area contributed by atoms with Crippen LogP contribution in [0.5, 0.6) is 0 Å². The van der Waals surface area contributed by atoms with Gasteiger partial charge in [0.15, 0.2) is 0 Å². The molecule has 1 aromatic heterocycles. The maximum absolute atomic E-state index is 13.5. The number of hydrogen-bond acceptors (Lipinski definition) is 5. The van der Waals surface area contributed by atoms with Crippen molar-refractivity contribution in [3.05, 3.63) is 30.1 Å². The van der Waals surface area contributed by atoms with Crippen molar-refractivity contribution < 1.29 is 9.18 Å². The molecule has 0 bridgehead atoms. The first-order valence-corrected chi connectivity index (χ1v) is 7.95. The SMILES string of the molecule is O=C(Nc1nnc(N2CCCCC2)s1)Nc1ccccc1F. The summed E-state index contributed by atoms with van der Waals surface area (Å²) in [5.41, 5.74) is 0.126. The van der Waals surface area contributed by atoms with Gasteiger partial charge in [-0.1, -0.05) is 23.5 Å². The molecule has 0 radical (unpaired) electrons. The van der Waals surface area contributed by atoms with E-state index in [2.05, 4.69) is 25.7 Å². The third-order valence-corrected chi connectivity index (χ3v) is 4.28. The predicted molar refractivity (Wildman–Crippen MR) is 85.0 cm³/mol. The maximum Gasteiger partial charge on any atom is 0.325 e. The quantitative estimate of drug-likeness (QED) is 0.910. The highest BCUT2D eigenvalue weighted by Gasteiger charge is 2.16. The highest BCUT2D eigenvalue weighted by molar-refractivity contribution is 7.19. The van der Waals surface area contributed by atoms with Crippen molar-refractivity contribution in [3.63, 3.8) is 0 Å². The Morgan fingerprint density at radius 2 is 1.91 bits per heavy atom. The molecule has 8 heteroatoms. The lowest BCUT2D eigenvalue weighted by Gasteiger charge is -2.25. The van der Waals surface area contributed by atoms with Gasteiger partial charge in [0.2, 0.25) is 10.3 Å². The standard InChI is InChI=1S/C14H16FN5OS/c15-10-6-2-3-7-11(10)16-12(21)17-13-18-19-14(22-13)20-8-4-1-5-9-20/h2-3,6-7H,1,4-5,8-9H2,(H2,16,17,18,21). The first-order valence-electron chi connectivity index (χ1n) is 7.13. The van der Waals surface area contributed by atoms with Gasteiger partial charge in [0.1, 0.15) is 5.82 Å². The molecule has 1 saturated heterocycles. The van der Waals surface area contributed by atoms with Gasteiger partial charge in [-0.05, 0) is 31.4 Å². The summed E-state index contributed by atoms with van der Waals surface area (Å²) in [4.78, 5) is 14.0. The van der Waals surface area contributed by atoms with Crippen molar-refractivity contribution in [1.82, 2.24) is 10.2 Å². The fourth-order valence-corrected chi connectivity index (χ4v) is 3.08. The monoisotopic (exact) mass is 321 g/mol. The van der Waals surface area contributed by atoms with E-state index < -0.39 is 11.8 Å². The highest BCUT2D eigenvalue weighted by Crippen LogP contribution is 2.26. The number of carbonyl (C=O) groups is 1. The molecule has 2 N–H and O–H groups in total. The van der Waals surface area contributed by atoms with Gasteiger partial charge in [-0.25, -0.2) is 9.18 Å². The number of urea groups is 1. The van der Waals surface area contributed by atoms with Crippen LogP contribution in [0.4, 0.5) is 25.1 Å². The number of rotatable bonds is 3. The number of aromatic nitrogens is 2. The number of benzene rings is 1. The minimum absolute atomic E-state index is 0.126. The maximum atomic E-state index is 13.5. The number of halogens is 1. The van der Waals surface area contributed by atoms with Gasteiger partial charge in [0.25, 0.3) is 0 Å². The fourth-order valence-electron chi connectivity index (χ4n) is 2.29. The molecule has 0 atom stereocenters. The number of nitrogens with zero attached hydrogens (tertiary/aromatic N) is 3. The molecule has 3 rings (SSSR count). The lowest BCUT2D eigenvalue weighted by atomic mass is 10.1. The first-order chi connectivity index (χ1) is 10.7. The Balaban J connectivity index is 1.60. The number of para-hydroxylation sites is 1. The molecule has 1 aliphatic rings. The Hall–Kier alpha value is -2.22. The van der Waals surface area contributed by atoms with Gasteiger partial charge in [-0.2, -0.15) is 0 Å². The summed E-state index contributed by atoms with van der Waals surface area (Å²) >= 11 is 1.32. The average molecular weight is 321 g/mol. The van der Waals surface area contributed by atoms with E-state index >= 15 is 0 Å². The fraction of sp³-hybridized carbons (Fsp3) is 0.357. The highest BCUT2D eigenvalue weighted by atomic mass is 32.1. The topological polar surface area (TPSA) is 70.2 Å². The van der Waals surface area contributed by atoms with E-state index in [1.165, 1.54) is 29.9 Å². The molecular formula is C14H16FN5OS. The van der Waals surface area contributed by atoms with Crippen molar-refractivity contribution in [2.75, 3.05) is 28.6 Å². The number of carbonyl (C=O) groups excluding carboxylic acids is 1. The van der Waals surface area contributed by atoms with Crippen molar-refractivity contribution in [2.24, 2.45) is 0 Å². The van der Waals surface area contributed by atoms with Gasteiger partial charge in [-0.3, -0.25) is 5.32 Å². The molecule has 2 aromatic rings. The number of hydrogen-bond donors (Lipinski definition) is 2. The Morgan fingerprint density at radius 1 is 1.14 bits per heavy atom. The molecule has 1 aromatic carbocycles. The molecule has 0 saturated carbocycles. The molecule has 2 amide bonds. The van der Waals surface area contributed by atoms with Crippen molar-refractivity contribution in [2.45, 2.75) is 19.3 Å². The normalized spacial score (nSPS) is 14.7. The lowest BCUT2D eigenvalue weighted by molar-refractivity contribution is 0.262. The predicted octanol–water partition coefficient (Wildman–Crippen LogP) is 3.31. The van der Waals surface area contributed by atoms with Gasteiger partial charge >= 0.3 is 6.03 Å². The molecule has 0 spiro atoms. The van der Waals surface area contributed by atoms with Gasteiger partial charge in [-0.15, -0.1) is 10.2 Å². The second-order valence-electron chi connectivity index (χ2n) is 5.00. The van der Waals surface area contributed by atoms with E-state index in [-0.39, 0.29) is 5.69 Å². The molecule has 116 valence electrons. The minimum atomic E-state index is -0.536. The zero-order chi connectivity index (χ0) is 15.4. The molecular weight excluding hydrogens is 305 g/mol. The van der Waals surface area contributed by atoms with E-state index in [0.717, 1.165) is 31.1 Å². The zero-order valence-electron chi connectivity index (χ0n) is 11.9. The van der Waals surface area contributed by atoms with E-state index in [9.17, 15) is 9.18 Å². The van der Waals surface area contributed by atoms with E-state index in [1.54, 1.807) is 12.1 Å². The van der Waals surface area contributed by atoms with Crippen LogP contribution in [-0.4, -0.2) is 29.3 Å². The zero-order valence-corrected chi connectivity index (χ0v) is 12.7. The Morgan fingerprint density at radius 3 is 2.68 bits per heavy atom. The molecule has 0 aliphatic carbocycles. The summed E-state index contributed by atoms with van der Waals surface area (Å²) in [5, 5.41) is 14.3. The largest absolute Gasteiger partial charge is 0.347 e. The molecule has 1 aliphatic heterocycles. The van der Waals surface area contributed by atoms with E-state index in [4.69, 9.17) is 0 Å². The summed E-state index contributed by atoms with van der Waals surface area (Å²) in [6, 6.07) is 5.46. The smallest absolute Gasteiger partial charge is 0.325 e. The Kier molecular flexibility index (Phi) is 4.47. The second kappa shape index (κ2) is 6.69. The van der Waals surface area contributed by atoms with Crippen LogP contribution in [0.1, 0.15) is 19.3 Å². The first kappa shape index (κ1) is 14.7. The summed E-state index contributed by atoms with van der Waals surface area (Å²) in [7, 11) is 0. The molecule has 22 heavy (non-hydrogen) atoms. The third kappa shape index (κ3) is 3.51. The lowest BCUT2D eigenvalue weighted by Crippen LogP contribution is -2.29. The van der Waals surface area contributed by atoms with Crippen molar-refractivity contribution in [3.8, 4) is 0 Å². The number of amides is 2. The number of nitrogens with one attached hydrogen (secondary N) is 2. The van der Waals surface area contributed by atoms with E-state index in [1.807, 2.05) is 0 Å². The van der Waals surface area contributed by atoms with Gasteiger partial charge in [0, 0.05) is 13.1 Å². The van der Waals surface area contributed by atoms with Gasteiger partial charge in [0.05, 0.1) is 5.69 Å². The van der Waals surface area contributed by atoms with Crippen LogP contribution < -0.4 is 15.5 Å². The number of anilines is 3. The van der Waals surface area contributed by atoms with Crippen molar-refractivity contribution >= 4 is 33.3 Å². The van der Waals surface area contributed by atoms with Crippen molar-refractivity contribution in [1.29, 1.82) is 0 Å².